The predicted molar refractivity (Wildman–Crippen MR) is 83.2 cm³/mol. The van der Waals surface area contributed by atoms with E-state index in [0.29, 0.717) is 0 Å². The van der Waals surface area contributed by atoms with Crippen LogP contribution in [0.1, 0.15) is 36.1 Å². The number of pyridine rings is 1. The fourth-order valence-electron chi connectivity index (χ4n) is 4.87. The van der Waals surface area contributed by atoms with Crippen LogP contribution in [0.25, 0.3) is 0 Å². The van der Waals surface area contributed by atoms with E-state index in [9.17, 15) is 5.11 Å². The van der Waals surface area contributed by atoms with Gasteiger partial charge in [-0.2, -0.15) is 0 Å². The summed E-state index contributed by atoms with van der Waals surface area (Å²) in [5.41, 5.74) is 1.66. The van der Waals surface area contributed by atoms with Crippen LogP contribution < -0.4 is 4.74 Å². The summed E-state index contributed by atoms with van der Waals surface area (Å²) in [5.74, 6) is 0.774. The fraction of sp³-hybridized carbons (Fsp3) is 0.500. The van der Waals surface area contributed by atoms with Gasteiger partial charge in [0.05, 0.1) is 24.3 Å². The summed E-state index contributed by atoms with van der Waals surface area (Å²) in [4.78, 5) is 7.09. The van der Waals surface area contributed by atoms with E-state index >= 15 is 0 Å². The van der Waals surface area contributed by atoms with Crippen LogP contribution in [0.2, 0.25) is 0 Å². The first-order valence-corrected chi connectivity index (χ1v) is 8.32. The van der Waals surface area contributed by atoms with Crippen LogP contribution in [0.4, 0.5) is 0 Å². The minimum absolute atomic E-state index is 0.0552. The Morgan fingerprint density at radius 1 is 1.35 bits per heavy atom. The fourth-order valence-corrected chi connectivity index (χ4v) is 4.87. The molecule has 1 spiro atoms. The molecule has 5 rings (SSSR count). The number of aromatic nitrogens is 1. The monoisotopic (exact) mass is 312 g/mol. The molecule has 2 saturated heterocycles. The second-order valence-corrected chi connectivity index (χ2v) is 7.02. The number of furan rings is 1. The van der Waals surface area contributed by atoms with E-state index in [1.54, 1.807) is 18.7 Å². The van der Waals surface area contributed by atoms with Gasteiger partial charge in [-0.15, -0.1) is 0 Å². The normalized spacial score (nSPS) is 36.0. The summed E-state index contributed by atoms with van der Waals surface area (Å²) < 4.78 is 11.5. The molecular formula is C18H20N2O3. The SMILES string of the molecule is OC(c1ccoc1)C1c2ncccc2OC2CCN3CCC21C3. The second kappa shape index (κ2) is 4.82. The summed E-state index contributed by atoms with van der Waals surface area (Å²) in [6.07, 6.45) is 6.66. The van der Waals surface area contributed by atoms with Gasteiger partial charge in [-0.25, -0.2) is 0 Å². The van der Waals surface area contributed by atoms with Crippen molar-refractivity contribution in [2.45, 2.75) is 31.0 Å². The van der Waals surface area contributed by atoms with Crippen molar-refractivity contribution in [3.05, 3.63) is 48.2 Å². The molecule has 2 aromatic rings. The van der Waals surface area contributed by atoms with Crippen molar-refractivity contribution in [3.8, 4) is 5.75 Å². The zero-order chi connectivity index (χ0) is 15.4. The first-order valence-electron chi connectivity index (χ1n) is 8.32. The van der Waals surface area contributed by atoms with E-state index < -0.39 is 6.10 Å². The summed E-state index contributed by atoms with van der Waals surface area (Å²) in [5, 5.41) is 11.2. The first kappa shape index (κ1) is 13.6. The lowest BCUT2D eigenvalue weighted by atomic mass is 9.63. The van der Waals surface area contributed by atoms with Gasteiger partial charge in [0.1, 0.15) is 11.9 Å². The molecule has 0 amide bonds. The third-order valence-electron chi connectivity index (χ3n) is 5.94. The van der Waals surface area contributed by atoms with Crippen LogP contribution in [-0.2, 0) is 0 Å². The molecule has 0 radical (unpaired) electrons. The maximum Gasteiger partial charge on any atom is 0.141 e. The van der Waals surface area contributed by atoms with E-state index in [0.717, 1.165) is 49.5 Å². The number of aliphatic hydroxyl groups excluding tert-OH is 1. The summed E-state index contributed by atoms with van der Waals surface area (Å²) >= 11 is 0. The molecule has 120 valence electrons. The Balaban J connectivity index is 1.67. The van der Waals surface area contributed by atoms with Crippen molar-refractivity contribution in [2.75, 3.05) is 19.6 Å². The van der Waals surface area contributed by atoms with E-state index in [4.69, 9.17) is 9.15 Å². The quantitative estimate of drug-likeness (QED) is 0.922. The van der Waals surface area contributed by atoms with Gasteiger partial charge < -0.3 is 19.2 Å². The van der Waals surface area contributed by atoms with E-state index in [-0.39, 0.29) is 17.4 Å². The average Bonchev–Trinajstić information content (AvgIpc) is 3.21. The molecule has 23 heavy (non-hydrogen) atoms. The minimum Gasteiger partial charge on any atom is -0.488 e. The molecule has 0 saturated carbocycles. The minimum atomic E-state index is -0.619. The highest BCUT2D eigenvalue weighted by Crippen LogP contribution is 2.58. The largest absolute Gasteiger partial charge is 0.488 e. The number of fused-ring (bicyclic) bond motifs is 2. The zero-order valence-electron chi connectivity index (χ0n) is 12.9. The Hall–Kier alpha value is -1.85. The molecule has 3 aliphatic heterocycles. The molecule has 2 aromatic heterocycles. The Kier molecular flexibility index (Phi) is 2.85. The molecule has 2 fully saturated rings. The van der Waals surface area contributed by atoms with Gasteiger partial charge in [0.25, 0.3) is 0 Å². The third-order valence-corrected chi connectivity index (χ3v) is 5.94. The molecule has 5 heterocycles. The number of aliphatic hydroxyl groups is 1. The van der Waals surface area contributed by atoms with Crippen LogP contribution >= 0.6 is 0 Å². The van der Waals surface area contributed by atoms with Crippen molar-refractivity contribution in [1.82, 2.24) is 9.88 Å². The van der Waals surface area contributed by atoms with Crippen LogP contribution in [0.3, 0.4) is 0 Å². The van der Waals surface area contributed by atoms with E-state index in [1.807, 2.05) is 18.2 Å². The molecule has 0 aliphatic carbocycles. The van der Waals surface area contributed by atoms with Crippen molar-refractivity contribution in [3.63, 3.8) is 0 Å². The van der Waals surface area contributed by atoms with Crippen LogP contribution in [-0.4, -0.2) is 40.7 Å². The maximum absolute atomic E-state index is 11.2. The lowest BCUT2D eigenvalue weighted by molar-refractivity contribution is -0.0598. The second-order valence-electron chi connectivity index (χ2n) is 7.02. The number of piperidine rings is 1. The smallest absolute Gasteiger partial charge is 0.141 e. The van der Waals surface area contributed by atoms with Crippen molar-refractivity contribution < 1.29 is 14.3 Å². The third kappa shape index (κ3) is 1.83. The Bertz CT molecular complexity index is 717. The molecule has 5 atom stereocenters. The molecular weight excluding hydrogens is 292 g/mol. The standard InChI is InChI=1S/C18H20N2O3/c21-17(12-4-9-22-10-12)15-16-13(2-1-6-19-16)23-14-3-7-20-8-5-18(14,15)11-20/h1-2,4,6,9-10,14-15,17,21H,3,5,7-8,11H2. The molecule has 5 nitrogen and oxygen atoms in total. The van der Waals surface area contributed by atoms with Crippen LogP contribution in [0.15, 0.2) is 41.3 Å². The topological polar surface area (TPSA) is 58.7 Å². The number of hydrogen-bond acceptors (Lipinski definition) is 5. The number of ether oxygens (including phenoxy) is 1. The summed E-state index contributed by atoms with van der Waals surface area (Å²) in [6, 6.07) is 5.73. The van der Waals surface area contributed by atoms with Gasteiger partial charge in [-0.3, -0.25) is 4.98 Å². The Morgan fingerprint density at radius 2 is 2.30 bits per heavy atom. The number of rotatable bonds is 2. The van der Waals surface area contributed by atoms with E-state index in [2.05, 4.69) is 9.88 Å². The average molecular weight is 312 g/mol. The predicted octanol–water partition coefficient (Wildman–Crippen LogP) is 2.35. The lowest BCUT2D eigenvalue weighted by Crippen LogP contribution is -2.54. The molecule has 0 aromatic carbocycles. The Labute approximate surface area is 134 Å². The van der Waals surface area contributed by atoms with Gasteiger partial charge in [-0.05, 0) is 37.6 Å². The highest BCUT2D eigenvalue weighted by Gasteiger charge is 2.59. The van der Waals surface area contributed by atoms with Gasteiger partial charge in [0.15, 0.2) is 0 Å². The van der Waals surface area contributed by atoms with Gasteiger partial charge in [-0.1, -0.05) is 0 Å². The molecule has 1 N–H and O–H groups in total. The maximum atomic E-state index is 11.2. The van der Waals surface area contributed by atoms with Crippen LogP contribution in [0.5, 0.6) is 5.75 Å². The van der Waals surface area contributed by atoms with Crippen molar-refractivity contribution >= 4 is 0 Å². The van der Waals surface area contributed by atoms with E-state index in [1.165, 1.54) is 0 Å². The summed E-state index contributed by atoms with van der Waals surface area (Å²) in [7, 11) is 0. The molecule has 5 heteroatoms. The first-order chi connectivity index (χ1) is 11.3. The lowest BCUT2D eigenvalue weighted by Gasteiger charge is -2.50. The Morgan fingerprint density at radius 3 is 3.17 bits per heavy atom. The van der Waals surface area contributed by atoms with Crippen molar-refractivity contribution in [2.24, 2.45) is 5.41 Å². The number of hydrogen-bond donors (Lipinski definition) is 1. The number of nitrogens with zero attached hydrogens (tertiary/aromatic N) is 2. The molecule has 3 aliphatic rings. The van der Waals surface area contributed by atoms with Gasteiger partial charge in [0, 0.05) is 36.2 Å². The zero-order valence-corrected chi connectivity index (χ0v) is 12.9. The van der Waals surface area contributed by atoms with Crippen molar-refractivity contribution in [1.29, 1.82) is 0 Å². The van der Waals surface area contributed by atoms with Gasteiger partial charge in [0.2, 0.25) is 0 Å². The molecule has 5 unspecified atom stereocenters. The van der Waals surface area contributed by atoms with Crippen LogP contribution in [0, 0.1) is 5.41 Å². The summed E-state index contributed by atoms with van der Waals surface area (Å²) in [6.45, 7) is 3.14. The highest BCUT2D eigenvalue weighted by molar-refractivity contribution is 5.39. The molecule has 2 bridgehead atoms. The van der Waals surface area contributed by atoms with Gasteiger partial charge >= 0.3 is 0 Å². The highest BCUT2D eigenvalue weighted by atomic mass is 16.5.